The summed E-state index contributed by atoms with van der Waals surface area (Å²) in [6, 6.07) is -0.0551. The van der Waals surface area contributed by atoms with Gasteiger partial charge in [-0.15, -0.1) is 0 Å². The van der Waals surface area contributed by atoms with Gasteiger partial charge in [0.05, 0.1) is 12.6 Å². The van der Waals surface area contributed by atoms with Gasteiger partial charge in [0, 0.05) is 13.7 Å². The molecule has 0 bridgehead atoms. The average molecular weight is 243 g/mol. The molecule has 5 nitrogen and oxygen atoms in total. The Kier molecular flexibility index (Phi) is 3.58. The van der Waals surface area contributed by atoms with E-state index in [2.05, 4.69) is 0 Å². The first kappa shape index (κ1) is 12.6. The minimum absolute atomic E-state index is 0.0551. The zero-order valence-electron chi connectivity index (χ0n) is 10.8. The first-order valence-electron chi connectivity index (χ1n) is 6.20. The predicted octanol–water partition coefficient (Wildman–Crippen LogP) is 1.76. The van der Waals surface area contributed by atoms with E-state index >= 15 is 0 Å². The molecule has 2 fully saturated rings. The minimum Gasteiger partial charge on any atom is -0.441 e. The third-order valence-corrected chi connectivity index (χ3v) is 3.49. The van der Waals surface area contributed by atoms with E-state index in [1.165, 1.54) is 0 Å². The Morgan fingerprint density at radius 3 is 2.76 bits per heavy atom. The Morgan fingerprint density at radius 2 is 2.24 bits per heavy atom. The molecule has 2 aliphatic heterocycles. The third-order valence-electron chi connectivity index (χ3n) is 3.49. The minimum atomic E-state index is -0.500. The third kappa shape index (κ3) is 2.72. The molecule has 0 spiro atoms. The van der Waals surface area contributed by atoms with E-state index in [1.807, 2.05) is 13.8 Å². The van der Waals surface area contributed by atoms with Crippen LogP contribution in [0.3, 0.4) is 0 Å². The summed E-state index contributed by atoms with van der Waals surface area (Å²) in [5, 5.41) is 0. The smallest absolute Gasteiger partial charge is 0.410 e. The van der Waals surface area contributed by atoms with Crippen molar-refractivity contribution >= 4 is 6.09 Å². The van der Waals surface area contributed by atoms with E-state index in [1.54, 1.807) is 11.9 Å². The van der Waals surface area contributed by atoms with Crippen molar-refractivity contribution in [3.63, 3.8) is 0 Å². The molecule has 0 unspecified atom stereocenters. The van der Waals surface area contributed by atoms with Crippen LogP contribution >= 0.6 is 0 Å². The summed E-state index contributed by atoms with van der Waals surface area (Å²) in [7, 11) is 1.74. The van der Waals surface area contributed by atoms with Gasteiger partial charge in [-0.2, -0.15) is 0 Å². The molecule has 2 aliphatic rings. The largest absolute Gasteiger partial charge is 0.441 e. The van der Waals surface area contributed by atoms with Crippen molar-refractivity contribution in [1.29, 1.82) is 0 Å². The van der Waals surface area contributed by atoms with Crippen LogP contribution in [0.5, 0.6) is 0 Å². The van der Waals surface area contributed by atoms with E-state index in [9.17, 15) is 4.79 Å². The van der Waals surface area contributed by atoms with Crippen molar-refractivity contribution < 1.29 is 19.0 Å². The molecule has 2 rings (SSSR count). The van der Waals surface area contributed by atoms with Crippen LogP contribution in [-0.2, 0) is 14.2 Å². The van der Waals surface area contributed by atoms with Gasteiger partial charge in [-0.3, -0.25) is 0 Å². The van der Waals surface area contributed by atoms with Gasteiger partial charge in [0.25, 0.3) is 0 Å². The highest BCUT2D eigenvalue weighted by atomic mass is 16.7. The number of cyclic esters (lactones) is 1. The molecule has 98 valence electrons. The summed E-state index contributed by atoms with van der Waals surface area (Å²) in [5.74, 6) is 0. The maximum absolute atomic E-state index is 11.5. The lowest BCUT2D eigenvalue weighted by Gasteiger charge is -2.29. The van der Waals surface area contributed by atoms with E-state index in [0.717, 1.165) is 25.9 Å². The molecule has 0 aromatic heterocycles. The second-order valence-electron chi connectivity index (χ2n) is 5.23. The molecule has 0 saturated carbocycles. The Morgan fingerprint density at radius 1 is 1.47 bits per heavy atom. The quantitative estimate of drug-likeness (QED) is 0.757. The number of ether oxygens (including phenoxy) is 3. The van der Waals surface area contributed by atoms with Gasteiger partial charge in [0.15, 0.2) is 6.29 Å². The fraction of sp³-hybridized carbons (Fsp3) is 0.917. The summed E-state index contributed by atoms with van der Waals surface area (Å²) in [5.41, 5.74) is -0.500. The highest BCUT2D eigenvalue weighted by Gasteiger charge is 2.46. The van der Waals surface area contributed by atoms with Gasteiger partial charge in [-0.25, -0.2) is 4.79 Å². The molecule has 0 aromatic rings. The molecule has 2 heterocycles. The summed E-state index contributed by atoms with van der Waals surface area (Å²) < 4.78 is 16.5. The molecule has 2 atom stereocenters. The van der Waals surface area contributed by atoms with Crippen molar-refractivity contribution in [1.82, 2.24) is 4.90 Å². The molecule has 0 radical (unpaired) electrons. The monoisotopic (exact) mass is 243 g/mol. The van der Waals surface area contributed by atoms with Crippen molar-refractivity contribution in [2.45, 2.75) is 51.0 Å². The zero-order chi connectivity index (χ0) is 12.5. The van der Waals surface area contributed by atoms with Gasteiger partial charge >= 0.3 is 6.09 Å². The van der Waals surface area contributed by atoms with Gasteiger partial charge in [0.2, 0.25) is 0 Å². The summed E-state index contributed by atoms with van der Waals surface area (Å²) in [6.45, 7) is 5.04. The molecular weight excluding hydrogens is 222 g/mol. The lowest BCUT2D eigenvalue weighted by molar-refractivity contribution is -0.172. The molecule has 0 N–H and O–H groups in total. The Bertz CT molecular complexity index is 286. The number of nitrogens with zero attached hydrogens (tertiary/aromatic N) is 1. The van der Waals surface area contributed by atoms with Crippen LogP contribution in [0, 0.1) is 0 Å². The van der Waals surface area contributed by atoms with Gasteiger partial charge in [0.1, 0.15) is 5.60 Å². The van der Waals surface area contributed by atoms with Crippen molar-refractivity contribution in [2.75, 3.05) is 20.3 Å². The van der Waals surface area contributed by atoms with E-state index in [-0.39, 0.29) is 18.4 Å². The molecular formula is C12H21NO4. The van der Waals surface area contributed by atoms with Gasteiger partial charge in [-0.05, 0) is 33.1 Å². The van der Waals surface area contributed by atoms with E-state index < -0.39 is 5.60 Å². The molecule has 5 heteroatoms. The first-order chi connectivity index (χ1) is 8.00. The van der Waals surface area contributed by atoms with Crippen LogP contribution in [0.1, 0.15) is 33.1 Å². The number of rotatable bonds is 3. The Labute approximate surface area is 102 Å². The maximum atomic E-state index is 11.5. The SMILES string of the molecule is CN1C(=O)OC(C)(C)[C@H]1CO[C@H]1CCCCO1. The van der Waals surface area contributed by atoms with Gasteiger partial charge < -0.3 is 19.1 Å². The first-order valence-corrected chi connectivity index (χ1v) is 6.20. The number of carbonyl (C=O) groups excluding carboxylic acids is 1. The normalized spacial score (nSPS) is 32.6. The zero-order valence-corrected chi connectivity index (χ0v) is 10.8. The van der Waals surface area contributed by atoms with Crippen LogP contribution in [0.2, 0.25) is 0 Å². The summed E-state index contributed by atoms with van der Waals surface area (Å²) in [6.07, 6.45) is 2.78. The molecule has 2 saturated heterocycles. The number of carbonyl (C=O) groups is 1. The number of likely N-dealkylation sites (N-methyl/N-ethyl adjacent to an activating group) is 1. The van der Waals surface area contributed by atoms with Crippen LogP contribution in [-0.4, -0.2) is 49.2 Å². The van der Waals surface area contributed by atoms with E-state index in [0.29, 0.717) is 6.61 Å². The average Bonchev–Trinajstić information content (AvgIpc) is 2.48. The second kappa shape index (κ2) is 4.82. The van der Waals surface area contributed by atoms with Gasteiger partial charge in [-0.1, -0.05) is 0 Å². The molecule has 0 aromatic carbocycles. The van der Waals surface area contributed by atoms with Crippen LogP contribution in [0.25, 0.3) is 0 Å². The van der Waals surface area contributed by atoms with Crippen LogP contribution < -0.4 is 0 Å². The Hall–Kier alpha value is -0.810. The molecule has 0 aliphatic carbocycles. The summed E-state index contributed by atoms with van der Waals surface area (Å²) in [4.78, 5) is 13.1. The highest BCUT2D eigenvalue weighted by molar-refractivity contribution is 5.71. The van der Waals surface area contributed by atoms with Crippen molar-refractivity contribution in [3.8, 4) is 0 Å². The lowest BCUT2D eigenvalue weighted by atomic mass is 10.00. The Balaban J connectivity index is 1.87. The highest BCUT2D eigenvalue weighted by Crippen LogP contribution is 2.29. The van der Waals surface area contributed by atoms with Crippen LogP contribution in [0.4, 0.5) is 4.79 Å². The predicted molar refractivity (Wildman–Crippen MR) is 61.7 cm³/mol. The fourth-order valence-electron chi connectivity index (χ4n) is 2.31. The maximum Gasteiger partial charge on any atom is 0.410 e. The summed E-state index contributed by atoms with van der Waals surface area (Å²) >= 11 is 0. The topological polar surface area (TPSA) is 48.0 Å². The fourth-order valence-corrected chi connectivity index (χ4v) is 2.31. The standard InChI is InChI=1S/C12H21NO4/c1-12(2)9(13(3)11(14)17-12)8-16-10-6-4-5-7-15-10/h9-10H,4-8H2,1-3H3/t9-,10+/m1/s1. The number of amides is 1. The van der Waals surface area contributed by atoms with E-state index in [4.69, 9.17) is 14.2 Å². The lowest BCUT2D eigenvalue weighted by Crippen LogP contribution is -2.44. The number of hydrogen-bond donors (Lipinski definition) is 0. The number of hydrogen-bond acceptors (Lipinski definition) is 4. The van der Waals surface area contributed by atoms with Crippen molar-refractivity contribution in [3.05, 3.63) is 0 Å². The molecule has 1 amide bonds. The van der Waals surface area contributed by atoms with Crippen molar-refractivity contribution in [2.24, 2.45) is 0 Å². The van der Waals surface area contributed by atoms with Crippen LogP contribution in [0.15, 0.2) is 0 Å². The second-order valence-corrected chi connectivity index (χ2v) is 5.23. The molecule has 17 heavy (non-hydrogen) atoms.